The first-order valence-electron chi connectivity index (χ1n) is 2.33. The second-order valence-electron chi connectivity index (χ2n) is 2.34. The Morgan fingerprint density at radius 3 is 1.71 bits per heavy atom. The van der Waals surface area contributed by atoms with E-state index in [1.807, 2.05) is 20.0 Å². The maximum atomic E-state index is 9.13. The summed E-state index contributed by atoms with van der Waals surface area (Å²) in [6.45, 7) is 9.22. The van der Waals surface area contributed by atoms with Crippen LogP contribution in [0.1, 0.15) is 6.92 Å². The molecule has 0 aromatic carbocycles. The van der Waals surface area contributed by atoms with Crippen molar-refractivity contribution in [2.45, 2.75) is 20.0 Å². The number of hydrogen-bond donors (Lipinski definition) is 1. The number of rotatable bonds is 1. The Bertz CT molecular complexity index is 80.6. The molecule has 1 nitrogen and oxygen atoms in total. The molecule has 0 aromatic rings. The lowest BCUT2D eigenvalue weighted by molar-refractivity contribution is 0.562. The van der Waals surface area contributed by atoms with Gasteiger partial charge in [-0.15, -0.1) is 6.58 Å². The van der Waals surface area contributed by atoms with E-state index in [-0.39, 0.29) is 0 Å². The minimum Gasteiger partial charge on any atom is -0.428 e. The quantitative estimate of drug-likeness (QED) is 0.512. The smallest absolute Gasteiger partial charge is 0.209 e. The molecule has 1 N–H and O–H groups in total. The highest BCUT2D eigenvalue weighted by molar-refractivity contribution is 6.76. The molecule has 0 bridgehead atoms. The summed E-state index contributed by atoms with van der Waals surface area (Å²) >= 11 is 0. The zero-order chi connectivity index (χ0) is 6.08. The zero-order valence-electron chi connectivity index (χ0n) is 5.15. The van der Waals surface area contributed by atoms with Crippen LogP contribution in [0, 0.1) is 0 Å². The summed E-state index contributed by atoms with van der Waals surface area (Å²) in [4.78, 5) is 9.13. The van der Waals surface area contributed by atoms with E-state index in [0.717, 1.165) is 5.20 Å². The van der Waals surface area contributed by atoms with Crippen LogP contribution in [0.4, 0.5) is 0 Å². The SMILES string of the molecule is C=C(C)[Si](C)(C)O. The van der Waals surface area contributed by atoms with E-state index < -0.39 is 8.32 Å². The lowest BCUT2D eigenvalue weighted by atomic mass is 10.8. The van der Waals surface area contributed by atoms with Gasteiger partial charge in [0.2, 0.25) is 8.32 Å². The standard InChI is InChI=1S/C5H12OSi/c1-5(2)7(3,4)6/h6H,1H2,2-4H3. The zero-order valence-corrected chi connectivity index (χ0v) is 6.15. The average Bonchev–Trinajstić information content (AvgIpc) is 1.31. The summed E-state index contributed by atoms with van der Waals surface area (Å²) < 4.78 is 0. The van der Waals surface area contributed by atoms with Gasteiger partial charge >= 0.3 is 0 Å². The van der Waals surface area contributed by atoms with Gasteiger partial charge in [-0.25, -0.2) is 0 Å². The van der Waals surface area contributed by atoms with Crippen molar-refractivity contribution in [1.82, 2.24) is 0 Å². The van der Waals surface area contributed by atoms with Crippen LogP contribution in [0.25, 0.3) is 0 Å². The molecule has 0 aliphatic carbocycles. The predicted octanol–water partition coefficient (Wildman–Crippen LogP) is 1.30. The molecule has 0 spiro atoms. The molecule has 0 rings (SSSR count). The molecule has 0 saturated carbocycles. The van der Waals surface area contributed by atoms with Crippen molar-refractivity contribution in [2.75, 3.05) is 0 Å². The molecule has 0 saturated heterocycles. The summed E-state index contributed by atoms with van der Waals surface area (Å²) in [6, 6.07) is 0. The average molecular weight is 116 g/mol. The Hall–Kier alpha value is -0.0831. The summed E-state index contributed by atoms with van der Waals surface area (Å²) in [5.41, 5.74) is 0. The molecule has 0 amide bonds. The van der Waals surface area contributed by atoms with Crippen molar-refractivity contribution >= 4 is 8.32 Å². The topological polar surface area (TPSA) is 20.2 Å². The largest absolute Gasteiger partial charge is 0.428 e. The van der Waals surface area contributed by atoms with Crippen molar-refractivity contribution in [2.24, 2.45) is 0 Å². The Balaban J connectivity index is 3.79. The van der Waals surface area contributed by atoms with E-state index in [0.29, 0.717) is 0 Å². The van der Waals surface area contributed by atoms with Gasteiger partial charge in [0.05, 0.1) is 0 Å². The molecule has 0 aliphatic rings. The minimum atomic E-state index is -1.93. The van der Waals surface area contributed by atoms with Crippen molar-refractivity contribution in [1.29, 1.82) is 0 Å². The summed E-state index contributed by atoms with van der Waals surface area (Å²) in [7, 11) is -1.93. The van der Waals surface area contributed by atoms with Gasteiger partial charge in [-0.05, 0) is 20.0 Å². The van der Waals surface area contributed by atoms with Gasteiger partial charge in [0, 0.05) is 0 Å². The lowest BCUT2D eigenvalue weighted by Gasteiger charge is -2.11. The maximum absolute atomic E-state index is 9.13. The fourth-order valence-electron chi connectivity index (χ4n) is 0. The Kier molecular flexibility index (Phi) is 1.78. The van der Waals surface area contributed by atoms with E-state index >= 15 is 0 Å². The lowest BCUT2D eigenvalue weighted by Crippen LogP contribution is -2.26. The summed E-state index contributed by atoms with van der Waals surface area (Å²) in [5.74, 6) is 0. The second kappa shape index (κ2) is 1.80. The van der Waals surface area contributed by atoms with E-state index in [9.17, 15) is 0 Å². The maximum Gasteiger partial charge on any atom is 0.209 e. The monoisotopic (exact) mass is 116 g/mol. The van der Waals surface area contributed by atoms with E-state index in [1.165, 1.54) is 0 Å². The summed E-state index contributed by atoms with van der Waals surface area (Å²) in [5, 5.41) is 0.938. The van der Waals surface area contributed by atoms with E-state index in [4.69, 9.17) is 4.80 Å². The highest BCUT2D eigenvalue weighted by atomic mass is 28.4. The first-order chi connectivity index (χ1) is 2.94. The molecule has 0 unspecified atom stereocenters. The highest BCUT2D eigenvalue weighted by Crippen LogP contribution is 2.05. The third-order valence-corrected chi connectivity index (χ3v) is 3.13. The van der Waals surface area contributed by atoms with Crippen LogP contribution in [0.5, 0.6) is 0 Å². The van der Waals surface area contributed by atoms with Crippen LogP contribution < -0.4 is 0 Å². The van der Waals surface area contributed by atoms with Crippen molar-refractivity contribution < 1.29 is 4.80 Å². The van der Waals surface area contributed by atoms with Gasteiger partial charge in [0.1, 0.15) is 0 Å². The third-order valence-electron chi connectivity index (χ3n) is 1.04. The fourth-order valence-corrected chi connectivity index (χ4v) is 0. The van der Waals surface area contributed by atoms with Crippen LogP contribution in [0.3, 0.4) is 0 Å². The Labute approximate surface area is 45.8 Å². The van der Waals surface area contributed by atoms with Gasteiger partial charge in [-0.1, -0.05) is 5.20 Å². The van der Waals surface area contributed by atoms with Gasteiger partial charge < -0.3 is 4.80 Å². The van der Waals surface area contributed by atoms with Crippen LogP contribution in [-0.2, 0) is 0 Å². The van der Waals surface area contributed by atoms with Gasteiger partial charge in [0.15, 0.2) is 0 Å². The molecule has 0 aromatic heterocycles. The molecule has 0 atom stereocenters. The van der Waals surface area contributed by atoms with Gasteiger partial charge in [0.25, 0.3) is 0 Å². The highest BCUT2D eigenvalue weighted by Gasteiger charge is 2.16. The second-order valence-corrected chi connectivity index (χ2v) is 6.31. The molecule has 0 fully saturated rings. The molecule has 0 aliphatic heterocycles. The Morgan fingerprint density at radius 1 is 1.57 bits per heavy atom. The molecule has 42 valence electrons. The molecule has 2 heteroatoms. The Morgan fingerprint density at radius 2 is 1.71 bits per heavy atom. The molecule has 0 heterocycles. The van der Waals surface area contributed by atoms with Crippen molar-refractivity contribution in [3.8, 4) is 0 Å². The normalized spacial score (nSPS) is 11.4. The van der Waals surface area contributed by atoms with Crippen LogP contribution in [-0.4, -0.2) is 13.1 Å². The van der Waals surface area contributed by atoms with Gasteiger partial charge in [-0.2, -0.15) is 0 Å². The van der Waals surface area contributed by atoms with Crippen molar-refractivity contribution in [3.63, 3.8) is 0 Å². The molecule has 0 radical (unpaired) electrons. The van der Waals surface area contributed by atoms with Crippen LogP contribution >= 0.6 is 0 Å². The van der Waals surface area contributed by atoms with Crippen LogP contribution in [0.2, 0.25) is 13.1 Å². The summed E-state index contributed by atoms with van der Waals surface area (Å²) in [6.07, 6.45) is 0. The molecular weight excluding hydrogens is 104 g/mol. The third kappa shape index (κ3) is 2.59. The first-order valence-corrected chi connectivity index (χ1v) is 5.27. The first kappa shape index (κ1) is 6.92. The molecule has 7 heavy (non-hydrogen) atoms. The van der Waals surface area contributed by atoms with E-state index in [1.54, 1.807) is 0 Å². The minimum absolute atomic E-state index is 0.938. The van der Waals surface area contributed by atoms with Gasteiger partial charge in [-0.3, -0.25) is 0 Å². The molecular formula is C5H12OSi. The fraction of sp³-hybridized carbons (Fsp3) is 0.600. The van der Waals surface area contributed by atoms with Crippen molar-refractivity contribution in [3.05, 3.63) is 11.8 Å². The number of hydrogen-bond acceptors (Lipinski definition) is 1. The predicted molar refractivity (Wildman–Crippen MR) is 34.5 cm³/mol. The van der Waals surface area contributed by atoms with E-state index in [2.05, 4.69) is 6.58 Å². The number of allylic oxidation sites excluding steroid dienone is 1. The van der Waals surface area contributed by atoms with Crippen LogP contribution in [0.15, 0.2) is 11.8 Å².